The number of aromatic nitrogens is 1. The summed E-state index contributed by atoms with van der Waals surface area (Å²) >= 11 is 0. The fourth-order valence-corrected chi connectivity index (χ4v) is 1.99. The molecule has 102 valence electrons. The molecule has 2 unspecified atom stereocenters. The molecule has 0 aliphatic heterocycles. The highest BCUT2D eigenvalue weighted by molar-refractivity contribution is 5.07. The second-order valence-electron chi connectivity index (χ2n) is 4.73. The summed E-state index contributed by atoms with van der Waals surface area (Å²) in [7, 11) is 0. The van der Waals surface area contributed by atoms with Crippen LogP contribution in [0.25, 0.3) is 0 Å². The van der Waals surface area contributed by atoms with E-state index >= 15 is 0 Å². The summed E-state index contributed by atoms with van der Waals surface area (Å²) in [5.74, 6) is 0.641. The molecule has 1 aromatic heterocycles. The van der Waals surface area contributed by atoms with Gasteiger partial charge in [-0.1, -0.05) is 39.2 Å². The zero-order chi connectivity index (χ0) is 13.2. The van der Waals surface area contributed by atoms with Crippen molar-refractivity contribution >= 4 is 0 Å². The Morgan fingerprint density at radius 2 is 2.17 bits per heavy atom. The maximum absolute atomic E-state index is 5.94. The number of pyridine rings is 1. The van der Waals surface area contributed by atoms with Crippen LogP contribution in [0.3, 0.4) is 0 Å². The van der Waals surface area contributed by atoms with Crippen molar-refractivity contribution < 1.29 is 4.74 Å². The average molecular weight is 250 g/mol. The normalized spacial score (nSPS) is 14.4. The first kappa shape index (κ1) is 15.1. The van der Waals surface area contributed by atoms with Gasteiger partial charge in [0.1, 0.15) is 6.10 Å². The van der Waals surface area contributed by atoms with Crippen LogP contribution in [0.5, 0.6) is 0 Å². The third kappa shape index (κ3) is 5.15. The lowest BCUT2D eigenvalue weighted by molar-refractivity contribution is 0.0275. The Hall–Kier alpha value is -0.930. The first-order chi connectivity index (χ1) is 8.81. The number of rotatable bonds is 9. The average Bonchev–Trinajstić information content (AvgIpc) is 2.44. The predicted molar refractivity (Wildman–Crippen MR) is 75.3 cm³/mol. The van der Waals surface area contributed by atoms with Crippen LogP contribution in [0, 0.1) is 5.92 Å². The molecule has 2 N–H and O–H groups in total. The lowest BCUT2D eigenvalue weighted by Gasteiger charge is -2.20. The Kier molecular flexibility index (Phi) is 7.62. The highest BCUT2D eigenvalue weighted by Gasteiger charge is 2.14. The molecule has 0 spiro atoms. The second kappa shape index (κ2) is 9.06. The third-order valence-corrected chi connectivity index (χ3v) is 3.31. The summed E-state index contributed by atoms with van der Waals surface area (Å²) < 4.78 is 5.94. The Morgan fingerprint density at radius 3 is 2.72 bits per heavy atom. The zero-order valence-corrected chi connectivity index (χ0v) is 11.6. The number of nitrogens with two attached hydrogens (primary N) is 1. The highest BCUT2D eigenvalue weighted by atomic mass is 16.5. The van der Waals surface area contributed by atoms with Crippen LogP contribution in [-0.2, 0) is 4.74 Å². The summed E-state index contributed by atoms with van der Waals surface area (Å²) in [6.45, 7) is 5.72. The Bertz CT molecular complexity index is 303. The van der Waals surface area contributed by atoms with Gasteiger partial charge in [0.15, 0.2) is 0 Å². The van der Waals surface area contributed by atoms with Gasteiger partial charge in [0, 0.05) is 12.7 Å². The molecule has 0 amide bonds. The summed E-state index contributed by atoms with van der Waals surface area (Å²) in [6, 6.07) is 5.86. The highest BCUT2D eigenvalue weighted by Crippen LogP contribution is 2.18. The van der Waals surface area contributed by atoms with Gasteiger partial charge in [0.25, 0.3) is 0 Å². The van der Waals surface area contributed by atoms with Crippen molar-refractivity contribution in [1.82, 2.24) is 4.98 Å². The van der Waals surface area contributed by atoms with E-state index in [1.54, 1.807) is 6.20 Å². The van der Waals surface area contributed by atoms with Crippen molar-refractivity contribution in [3.63, 3.8) is 0 Å². The molecule has 3 nitrogen and oxygen atoms in total. The Balaban J connectivity index is 2.43. The van der Waals surface area contributed by atoms with Gasteiger partial charge in [-0.25, -0.2) is 0 Å². The molecule has 0 bridgehead atoms. The molecule has 2 atom stereocenters. The van der Waals surface area contributed by atoms with Crippen molar-refractivity contribution in [2.75, 3.05) is 13.2 Å². The minimum absolute atomic E-state index is 0.0677. The van der Waals surface area contributed by atoms with E-state index < -0.39 is 0 Å². The number of unbranched alkanes of at least 4 members (excludes halogenated alkanes) is 1. The van der Waals surface area contributed by atoms with Crippen molar-refractivity contribution in [2.24, 2.45) is 11.7 Å². The summed E-state index contributed by atoms with van der Waals surface area (Å²) in [5, 5.41) is 0. The van der Waals surface area contributed by atoms with Gasteiger partial charge >= 0.3 is 0 Å². The predicted octanol–water partition coefficient (Wildman–Crippen LogP) is 3.31. The van der Waals surface area contributed by atoms with Gasteiger partial charge in [0.2, 0.25) is 0 Å². The van der Waals surface area contributed by atoms with Gasteiger partial charge in [-0.2, -0.15) is 0 Å². The third-order valence-electron chi connectivity index (χ3n) is 3.31. The van der Waals surface area contributed by atoms with Gasteiger partial charge in [-0.3, -0.25) is 4.98 Å². The van der Waals surface area contributed by atoms with E-state index in [4.69, 9.17) is 10.5 Å². The van der Waals surface area contributed by atoms with E-state index in [2.05, 4.69) is 18.8 Å². The first-order valence-electron chi connectivity index (χ1n) is 7.04. The molecule has 1 rings (SSSR count). The molecule has 0 fully saturated rings. The van der Waals surface area contributed by atoms with Crippen LogP contribution in [0.2, 0.25) is 0 Å². The van der Waals surface area contributed by atoms with Gasteiger partial charge in [-0.15, -0.1) is 0 Å². The summed E-state index contributed by atoms with van der Waals surface area (Å²) in [5.41, 5.74) is 6.70. The van der Waals surface area contributed by atoms with E-state index in [1.165, 1.54) is 25.7 Å². The molecular weight excluding hydrogens is 224 g/mol. The molecule has 1 aromatic rings. The van der Waals surface area contributed by atoms with Crippen molar-refractivity contribution in [2.45, 2.75) is 45.6 Å². The number of hydrogen-bond donors (Lipinski definition) is 1. The lowest BCUT2D eigenvalue weighted by atomic mass is 10.0. The summed E-state index contributed by atoms with van der Waals surface area (Å²) in [4.78, 5) is 4.31. The van der Waals surface area contributed by atoms with E-state index in [0.717, 1.165) is 12.3 Å². The summed E-state index contributed by atoms with van der Waals surface area (Å²) in [6.07, 6.45) is 6.65. The maximum atomic E-state index is 5.94. The van der Waals surface area contributed by atoms with E-state index in [-0.39, 0.29) is 6.10 Å². The van der Waals surface area contributed by atoms with E-state index in [0.29, 0.717) is 12.5 Å². The lowest BCUT2D eigenvalue weighted by Crippen LogP contribution is -2.20. The van der Waals surface area contributed by atoms with Crippen molar-refractivity contribution in [1.29, 1.82) is 0 Å². The van der Waals surface area contributed by atoms with E-state index in [9.17, 15) is 0 Å². The quantitative estimate of drug-likeness (QED) is 0.731. The topological polar surface area (TPSA) is 48.1 Å². The number of hydrogen-bond acceptors (Lipinski definition) is 3. The van der Waals surface area contributed by atoms with Crippen LogP contribution in [0.15, 0.2) is 24.4 Å². The monoisotopic (exact) mass is 250 g/mol. The molecule has 0 aliphatic carbocycles. The molecule has 0 saturated carbocycles. The number of nitrogens with zero attached hydrogens (tertiary/aromatic N) is 1. The van der Waals surface area contributed by atoms with Crippen LogP contribution in [-0.4, -0.2) is 18.1 Å². The Labute approximate surface area is 111 Å². The second-order valence-corrected chi connectivity index (χ2v) is 4.73. The molecule has 3 heteroatoms. The molecule has 0 radical (unpaired) electrons. The molecule has 1 heterocycles. The van der Waals surface area contributed by atoms with Crippen LogP contribution in [0.1, 0.15) is 51.3 Å². The Morgan fingerprint density at radius 1 is 1.33 bits per heavy atom. The molecule has 0 saturated heterocycles. The SMILES string of the molecule is CCCCC(CC)COC(CN)c1ccccn1. The van der Waals surface area contributed by atoms with Crippen molar-refractivity contribution in [3.8, 4) is 0 Å². The smallest absolute Gasteiger partial charge is 0.112 e. The largest absolute Gasteiger partial charge is 0.370 e. The van der Waals surface area contributed by atoms with Gasteiger partial charge < -0.3 is 10.5 Å². The van der Waals surface area contributed by atoms with Crippen molar-refractivity contribution in [3.05, 3.63) is 30.1 Å². The fourth-order valence-electron chi connectivity index (χ4n) is 1.99. The van der Waals surface area contributed by atoms with Crippen LogP contribution in [0.4, 0.5) is 0 Å². The van der Waals surface area contributed by atoms with Crippen LogP contribution >= 0.6 is 0 Å². The van der Waals surface area contributed by atoms with Gasteiger partial charge in [0.05, 0.1) is 12.3 Å². The minimum Gasteiger partial charge on any atom is -0.370 e. The maximum Gasteiger partial charge on any atom is 0.112 e. The standard InChI is InChI=1S/C15H26N2O/c1-3-5-8-13(4-2)12-18-15(11-16)14-9-6-7-10-17-14/h6-7,9-10,13,15H,3-5,8,11-12,16H2,1-2H3. The molecular formula is C15H26N2O. The fraction of sp³-hybridized carbons (Fsp3) is 0.667. The zero-order valence-electron chi connectivity index (χ0n) is 11.6. The number of ether oxygens (including phenoxy) is 1. The molecule has 0 aromatic carbocycles. The minimum atomic E-state index is -0.0677. The molecule has 0 aliphatic rings. The van der Waals surface area contributed by atoms with Crippen LogP contribution < -0.4 is 5.73 Å². The first-order valence-corrected chi connectivity index (χ1v) is 7.04. The van der Waals surface area contributed by atoms with E-state index in [1.807, 2.05) is 18.2 Å². The van der Waals surface area contributed by atoms with Gasteiger partial charge in [-0.05, 0) is 24.5 Å². The molecule has 18 heavy (non-hydrogen) atoms.